The molecule has 0 atom stereocenters. The van der Waals surface area contributed by atoms with E-state index in [1.165, 1.54) is 283 Å². The summed E-state index contributed by atoms with van der Waals surface area (Å²) >= 11 is 0. The number of hydrogen-bond donors (Lipinski definition) is 0. The Kier molecular flexibility index (Phi) is 37.4. The lowest BCUT2D eigenvalue weighted by Gasteiger charge is -2.05. The van der Waals surface area contributed by atoms with Crippen molar-refractivity contribution in [3.05, 3.63) is 0 Å². The minimum Gasteiger partial charge on any atom is -0.0533 e. The van der Waals surface area contributed by atoms with Crippen molar-refractivity contribution in [1.29, 1.82) is 0 Å². The van der Waals surface area contributed by atoms with E-state index >= 15 is 0 Å². The molecule has 0 aliphatic heterocycles. The third kappa shape index (κ3) is 36.5. The van der Waals surface area contributed by atoms with Crippen molar-refractivity contribution in [2.24, 2.45) is 0 Å². The van der Waals surface area contributed by atoms with Crippen LogP contribution in [0.15, 0.2) is 0 Å². The Hall–Kier alpha value is 0. The highest BCUT2D eigenvalue weighted by Gasteiger charge is 1.99. The molecule has 0 amide bonds. The average Bonchev–Trinajstić information content (AvgIpc) is 2.41. The lowest BCUT2D eigenvalue weighted by molar-refractivity contribution is 0.504. The van der Waals surface area contributed by atoms with Gasteiger partial charge >= 0.3 is 0 Å². The minimum absolute atomic E-state index is 1.50. The predicted octanol–water partition coefficient (Wildman–Crippen LogP) is 17.2. The summed E-state index contributed by atoms with van der Waals surface area (Å²) in [5, 5.41) is 0. The molecule has 0 aromatic rings. The fourth-order valence-electron chi connectivity index (χ4n) is 2.75. The Morgan fingerprint density at radius 3 is 0.0682 bits per heavy atom. The van der Waals surface area contributed by atoms with E-state index in [-0.39, 0.29) is 0 Å². The van der Waals surface area contributed by atoms with E-state index in [0.717, 1.165) is 0 Å². The van der Waals surface area contributed by atoms with E-state index in [1.54, 1.807) is 0 Å². The fourth-order valence-corrected chi connectivity index (χ4v) is 2.75. The van der Waals surface area contributed by atoms with Gasteiger partial charge in [0.05, 0.1) is 0 Å². The zero-order valence-electron chi connectivity index (χ0n) is 31.1. The highest BCUT2D eigenvalue weighted by Crippen LogP contribution is 2.19. The van der Waals surface area contributed by atoms with Gasteiger partial charge in [-0.3, -0.25) is 0 Å². The molecule has 0 aromatic heterocycles. The van der Waals surface area contributed by atoms with Crippen LogP contribution < -0.4 is 0 Å². The maximum Gasteiger partial charge on any atom is -0.0533 e. The van der Waals surface area contributed by atoms with Crippen molar-refractivity contribution in [2.75, 3.05) is 0 Å². The van der Waals surface area contributed by atoms with Gasteiger partial charge in [0, 0.05) is 0 Å². The molecule has 0 unspecified atom stereocenters. The monoisotopic (exact) mass is 617 g/mol. The Bertz CT molecular complexity index is 240. The van der Waals surface area contributed by atoms with Crippen LogP contribution in [0.1, 0.15) is 283 Å². The largest absolute Gasteiger partial charge is 0.0533 e. The van der Waals surface area contributed by atoms with E-state index in [2.05, 4.69) is 0 Å². The molecule has 264 valence electrons. The molecule has 11 aliphatic rings. The summed E-state index contributed by atoms with van der Waals surface area (Å²) in [6.07, 6.45) is 66.0. The van der Waals surface area contributed by atoms with Gasteiger partial charge in [0.2, 0.25) is 0 Å². The molecule has 0 N–H and O–H groups in total. The number of hydrogen-bond acceptors (Lipinski definition) is 0. The summed E-state index contributed by atoms with van der Waals surface area (Å²) in [4.78, 5) is 0. The van der Waals surface area contributed by atoms with Crippen LogP contribution in [-0.4, -0.2) is 0 Å². The highest BCUT2D eigenvalue weighted by molar-refractivity contribution is 4.54. The van der Waals surface area contributed by atoms with Crippen LogP contribution in [0.4, 0.5) is 0 Å². The van der Waals surface area contributed by atoms with Crippen LogP contribution in [0, 0.1) is 0 Å². The first kappa shape index (κ1) is 42.0. The molecule has 0 spiro atoms. The Labute approximate surface area is 281 Å². The average molecular weight is 617 g/mol. The van der Waals surface area contributed by atoms with Crippen molar-refractivity contribution in [3.63, 3.8) is 0 Å². The van der Waals surface area contributed by atoms with E-state index in [1.807, 2.05) is 0 Å². The molecule has 11 aliphatic carbocycles. The first-order chi connectivity index (χ1) is 22.0. The van der Waals surface area contributed by atoms with Crippen molar-refractivity contribution in [2.45, 2.75) is 283 Å². The molecule has 0 radical (unpaired) electrons. The van der Waals surface area contributed by atoms with Crippen molar-refractivity contribution >= 4 is 0 Å². The van der Waals surface area contributed by atoms with Gasteiger partial charge in [-0.15, -0.1) is 0 Å². The Morgan fingerprint density at radius 1 is 0.0455 bits per heavy atom. The SMILES string of the molecule is C1CCC1.C1CCC1.C1CCC1.C1CCC1.C1CCC1.C1CCC1.C1CCC1.C1CCC1.C1CCC1.C1CCC1.C1CCC1. The van der Waals surface area contributed by atoms with Crippen LogP contribution >= 0.6 is 0 Å². The quantitative estimate of drug-likeness (QED) is 0.254. The fraction of sp³-hybridized carbons (Fsp3) is 1.00. The molecular weight excluding hydrogens is 528 g/mol. The normalized spacial score (nSPS) is 24.0. The van der Waals surface area contributed by atoms with Crippen LogP contribution in [0.3, 0.4) is 0 Å². The topological polar surface area (TPSA) is 0 Å². The molecule has 0 heteroatoms. The molecule has 0 aromatic carbocycles. The summed E-state index contributed by atoms with van der Waals surface area (Å²) in [6.45, 7) is 0. The molecular formula is C44H88. The molecule has 11 rings (SSSR count). The third-order valence-electron chi connectivity index (χ3n) is 11.0. The van der Waals surface area contributed by atoms with Crippen LogP contribution in [-0.2, 0) is 0 Å². The van der Waals surface area contributed by atoms with Crippen LogP contribution in [0.25, 0.3) is 0 Å². The molecule has 11 fully saturated rings. The van der Waals surface area contributed by atoms with Gasteiger partial charge < -0.3 is 0 Å². The first-order valence-electron chi connectivity index (χ1n) is 22.0. The maximum atomic E-state index is 1.50. The summed E-state index contributed by atoms with van der Waals surface area (Å²) in [5.74, 6) is 0. The zero-order valence-corrected chi connectivity index (χ0v) is 31.1. The second-order valence-electron chi connectivity index (χ2n) is 15.6. The molecule has 44 heavy (non-hydrogen) atoms. The van der Waals surface area contributed by atoms with Crippen LogP contribution in [0.2, 0.25) is 0 Å². The summed E-state index contributed by atoms with van der Waals surface area (Å²) in [5.41, 5.74) is 0. The molecule has 0 bridgehead atoms. The van der Waals surface area contributed by atoms with E-state index < -0.39 is 0 Å². The molecule has 0 heterocycles. The lowest BCUT2D eigenvalue weighted by Crippen LogP contribution is -1.85. The van der Waals surface area contributed by atoms with E-state index in [4.69, 9.17) is 0 Å². The van der Waals surface area contributed by atoms with Crippen molar-refractivity contribution in [3.8, 4) is 0 Å². The summed E-state index contributed by atoms with van der Waals surface area (Å²) < 4.78 is 0. The van der Waals surface area contributed by atoms with Gasteiger partial charge in [-0.05, 0) is 0 Å². The van der Waals surface area contributed by atoms with Gasteiger partial charge in [0.25, 0.3) is 0 Å². The highest BCUT2D eigenvalue weighted by atomic mass is 14.1. The number of rotatable bonds is 0. The van der Waals surface area contributed by atoms with Gasteiger partial charge in [-0.1, -0.05) is 283 Å². The van der Waals surface area contributed by atoms with Crippen LogP contribution in [0.5, 0.6) is 0 Å². The first-order valence-corrected chi connectivity index (χ1v) is 22.0. The standard InChI is InChI=1S/11C4H8/c11*1-2-4-3-1/h11*1-4H2. The van der Waals surface area contributed by atoms with Crippen molar-refractivity contribution in [1.82, 2.24) is 0 Å². The summed E-state index contributed by atoms with van der Waals surface area (Å²) in [7, 11) is 0. The smallest absolute Gasteiger partial charge is 0.0533 e. The van der Waals surface area contributed by atoms with E-state index in [9.17, 15) is 0 Å². The lowest BCUT2D eigenvalue weighted by atomic mass is 10.0. The summed E-state index contributed by atoms with van der Waals surface area (Å²) in [6, 6.07) is 0. The van der Waals surface area contributed by atoms with Gasteiger partial charge in [0.1, 0.15) is 0 Å². The maximum absolute atomic E-state index is 1.50. The molecule has 0 nitrogen and oxygen atoms in total. The van der Waals surface area contributed by atoms with E-state index in [0.29, 0.717) is 0 Å². The predicted molar refractivity (Wildman–Crippen MR) is 203 cm³/mol. The second-order valence-corrected chi connectivity index (χ2v) is 15.6. The third-order valence-corrected chi connectivity index (χ3v) is 11.0. The molecule has 0 saturated heterocycles. The zero-order chi connectivity index (χ0) is 31.1. The van der Waals surface area contributed by atoms with Crippen molar-refractivity contribution < 1.29 is 0 Å². The molecule has 11 saturated carbocycles. The minimum atomic E-state index is 1.50. The van der Waals surface area contributed by atoms with Gasteiger partial charge in [-0.2, -0.15) is 0 Å². The second kappa shape index (κ2) is 39.2. The Morgan fingerprint density at radius 2 is 0.0682 bits per heavy atom. The Balaban J connectivity index is 0.000000242. The van der Waals surface area contributed by atoms with Gasteiger partial charge in [-0.25, -0.2) is 0 Å². The van der Waals surface area contributed by atoms with Gasteiger partial charge in [0.15, 0.2) is 0 Å².